The van der Waals surface area contributed by atoms with Gasteiger partial charge in [0, 0.05) is 26.5 Å². The number of hydrogen-bond donors (Lipinski definition) is 0. The number of ether oxygens (including phenoxy) is 2. The topological polar surface area (TPSA) is 65.7 Å². The third-order valence-corrected chi connectivity index (χ3v) is 5.12. The summed E-state index contributed by atoms with van der Waals surface area (Å²) in [5, 5.41) is 5.46. The van der Waals surface area contributed by atoms with Crippen molar-refractivity contribution in [1.29, 1.82) is 0 Å². The Labute approximate surface area is 195 Å². The first-order valence-electron chi connectivity index (χ1n) is 9.82. The van der Waals surface area contributed by atoms with Crippen molar-refractivity contribution >= 4 is 44.6 Å². The molecule has 0 N–H and O–H groups in total. The van der Waals surface area contributed by atoms with Crippen molar-refractivity contribution in [3.8, 4) is 11.5 Å². The zero-order valence-corrected chi connectivity index (χ0v) is 20.7. The van der Waals surface area contributed by atoms with Crippen LogP contribution in [0.25, 0.3) is 10.9 Å². The van der Waals surface area contributed by atoms with Crippen molar-refractivity contribution in [2.45, 2.75) is 46.1 Å². The summed E-state index contributed by atoms with van der Waals surface area (Å²) in [6.45, 7) is 9.80. The average molecular weight is 507 g/mol. The Hall–Kier alpha value is -2.38. The van der Waals surface area contributed by atoms with Crippen molar-refractivity contribution in [3.63, 3.8) is 0 Å². The van der Waals surface area contributed by atoms with Gasteiger partial charge in [0.2, 0.25) is 0 Å². The Kier molecular flexibility index (Phi) is 6.76. The standard InChI is InChI=1S/C23H25BrClN3O3/c1-13(2)31-20-14(9-16(25)11-19(20)30-6)12-26-28-21(29)17-10-15(24)7-8-18(17)27-22(28)23(3,4)5/h7-13H,1-6H3. The Balaban J connectivity index is 2.25. The average Bonchev–Trinajstić information content (AvgIpc) is 2.67. The lowest BCUT2D eigenvalue weighted by atomic mass is 9.95. The highest BCUT2D eigenvalue weighted by Crippen LogP contribution is 2.34. The Bertz CT molecular complexity index is 1210. The van der Waals surface area contributed by atoms with Gasteiger partial charge in [-0.3, -0.25) is 4.79 Å². The molecule has 2 aromatic carbocycles. The van der Waals surface area contributed by atoms with Gasteiger partial charge in [-0.1, -0.05) is 48.3 Å². The third-order valence-electron chi connectivity index (χ3n) is 4.41. The SMILES string of the molecule is COc1cc(Cl)cc(C=Nn2c(C(C)(C)C)nc3ccc(Br)cc3c2=O)c1OC(C)C. The van der Waals surface area contributed by atoms with Gasteiger partial charge in [0.05, 0.1) is 30.3 Å². The molecule has 0 spiro atoms. The maximum atomic E-state index is 13.3. The molecule has 0 amide bonds. The summed E-state index contributed by atoms with van der Waals surface area (Å²) in [6, 6.07) is 8.83. The van der Waals surface area contributed by atoms with Crippen LogP contribution in [0.15, 0.2) is 44.7 Å². The third kappa shape index (κ3) is 5.10. The molecular formula is C23H25BrClN3O3. The van der Waals surface area contributed by atoms with Gasteiger partial charge < -0.3 is 9.47 Å². The lowest BCUT2D eigenvalue weighted by Crippen LogP contribution is -2.29. The fourth-order valence-corrected chi connectivity index (χ4v) is 3.64. The Morgan fingerprint density at radius 1 is 1.23 bits per heavy atom. The monoisotopic (exact) mass is 505 g/mol. The van der Waals surface area contributed by atoms with E-state index in [0.29, 0.717) is 38.8 Å². The molecule has 6 nitrogen and oxygen atoms in total. The second-order valence-corrected chi connectivity index (χ2v) is 9.75. The molecule has 0 aliphatic carbocycles. The van der Waals surface area contributed by atoms with Crippen LogP contribution in [0, 0.1) is 0 Å². The zero-order valence-electron chi connectivity index (χ0n) is 18.4. The molecular weight excluding hydrogens is 482 g/mol. The summed E-state index contributed by atoms with van der Waals surface area (Å²) in [5.41, 5.74) is 0.547. The molecule has 0 aliphatic rings. The van der Waals surface area contributed by atoms with Gasteiger partial charge >= 0.3 is 0 Å². The molecule has 1 heterocycles. The molecule has 0 saturated heterocycles. The van der Waals surface area contributed by atoms with Crippen LogP contribution < -0.4 is 15.0 Å². The number of benzene rings is 2. The van der Waals surface area contributed by atoms with E-state index < -0.39 is 5.41 Å². The highest BCUT2D eigenvalue weighted by molar-refractivity contribution is 9.10. The minimum Gasteiger partial charge on any atom is -0.493 e. The number of aromatic nitrogens is 2. The van der Waals surface area contributed by atoms with E-state index in [1.165, 1.54) is 4.68 Å². The molecule has 0 atom stereocenters. The van der Waals surface area contributed by atoms with Crippen molar-refractivity contribution in [3.05, 3.63) is 61.6 Å². The second-order valence-electron chi connectivity index (χ2n) is 8.40. The van der Waals surface area contributed by atoms with E-state index in [0.717, 1.165) is 4.47 Å². The van der Waals surface area contributed by atoms with E-state index in [9.17, 15) is 4.79 Å². The van der Waals surface area contributed by atoms with Gasteiger partial charge in [0.25, 0.3) is 5.56 Å². The summed E-state index contributed by atoms with van der Waals surface area (Å²) in [4.78, 5) is 18.1. The number of halogens is 2. The summed E-state index contributed by atoms with van der Waals surface area (Å²) in [7, 11) is 1.55. The van der Waals surface area contributed by atoms with E-state index in [2.05, 4.69) is 21.0 Å². The van der Waals surface area contributed by atoms with E-state index in [1.54, 1.807) is 31.5 Å². The molecule has 0 fully saturated rings. The molecule has 1 aromatic heterocycles. The molecule has 0 bridgehead atoms. The first-order valence-corrected chi connectivity index (χ1v) is 11.0. The molecule has 0 aliphatic heterocycles. The van der Waals surface area contributed by atoms with Crippen LogP contribution in [-0.4, -0.2) is 29.1 Å². The minimum atomic E-state index is -0.416. The summed E-state index contributed by atoms with van der Waals surface area (Å²) >= 11 is 9.69. The van der Waals surface area contributed by atoms with Crippen LogP contribution in [0.3, 0.4) is 0 Å². The van der Waals surface area contributed by atoms with Crippen LogP contribution in [0.4, 0.5) is 0 Å². The number of rotatable bonds is 5. The number of nitrogens with zero attached hydrogens (tertiary/aromatic N) is 3. The number of hydrogen-bond acceptors (Lipinski definition) is 5. The molecule has 164 valence electrons. The molecule has 0 unspecified atom stereocenters. The van der Waals surface area contributed by atoms with Crippen molar-refractivity contribution in [2.24, 2.45) is 5.10 Å². The smallest absolute Gasteiger partial charge is 0.282 e. The van der Waals surface area contributed by atoms with Crippen LogP contribution in [0.1, 0.15) is 46.0 Å². The highest BCUT2D eigenvalue weighted by Gasteiger charge is 2.23. The lowest BCUT2D eigenvalue weighted by Gasteiger charge is -2.21. The lowest BCUT2D eigenvalue weighted by molar-refractivity contribution is 0.230. The first-order chi connectivity index (χ1) is 14.5. The van der Waals surface area contributed by atoms with Crippen LogP contribution in [-0.2, 0) is 5.41 Å². The van der Waals surface area contributed by atoms with Crippen LogP contribution in [0.5, 0.6) is 11.5 Å². The predicted molar refractivity (Wildman–Crippen MR) is 129 cm³/mol. The van der Waals surface area contributed by atoms with Crippen molar-refractivity contribution in [2.75, 3.05) is 7.11 Å². The summed E-state index contributed by atoms with van der Waals surface area (Å²) in [6.07, 6.45) is 1.46. The fourth-order valence-electron chi connectivity index (χ4n) is 3.06. The maximum Gasteiger partial charge on any atom is 0.282 e. The van der Waals surface area contributed by atoms with Crippen LogP contribution >= 0.6 is 27.5 Å². The Morgan fingerprint density at radius 2 is 1.94 bits per heavy atom. The summed E-state index contributed by atoms with van der Waals surface area (Å²) < 4.78 is 13.5. The maximum absolute atomic E-state index is 13.3. The van der Waals surface area contributed by atoms with Gasteiger partial charge in [0.1, 0.15) is 5.82 Å². The van der Waals surface area contributed by atoms with Gasteiger partial charge in [0.15, 0.2) is 11.5 Å². The highest BCUT2D eigenvalue weighted by atomic mass is 79.9. The van der Waals surface area contributed by atoms with Crippen LogP contribution in [0.2, 0.25) is 5.02 Å². The molecule has 0 radical (unpaired) electrons. The second kappa shape index (κ2) is 9.01. The number of fused-ring (bicyclic) bond motifs is 1. The number of methoxy groups -OCH3 is 1. The van der Waals surface area contributed by atoms with Crippen molar-refractivity contribution < 1.29 is 9.47 Å². The molecule has 3 rings (SSSR count). The normalized spacial score (nSPS) is 12.2. The van der Waals surface area contributed by atoms with Gasteiger partial charge in [-0.25, -0.2) is 4.98 Å². The van der Waals surface area contributed by atoms with Crippen molar-refractivity contribution in [1.82, 2.24) is 9.66 Å². The van der Waals surface area contributed by atoms with E-state index >= 15 is 0 Å². The minimum absolute atomic E-state index is 0.0882. The zero-order chi connectivity index (χ0) is 22.9. The largest absolute Gasteiger partial charge is 0.493 e. The predicted octanol–water partition coefficient (Wildman–Crippen LogP) is 5.79. The molecule has 3 aromatic rings. The first kappa shape index (κ1) is 23.3. The van der Waals surface area contributed by atoms with Gasteiger partial charge in [-0.05, 0) is 38.1 Å². The summed E-state index contributed by atoms with van der Waals surface area (Å²) in [5.74, 6) is 1.54. The fraction of sp³-hybridized carbons (Fsp3) is 0.348. The van der Waals surface area contributed by atoms with E-state index in [-0.39, 0.29) is 11.7 Å². The van der Waals surface area contributed by atoms with E-state index in [1.807, 2.05) is 46.8 Å². The van der Waals surface area contributed by atoms with Gasteiger partial charge in [-0.2, -0.15) is 9.78 Å². The van der Waals surface area contributed by atoms with E-state index in [4.69, 9.17) is 26.1 Å². The molecule has 31 heavy (non-hydrogen) atoms. The quantitative estimate of drug-likeness (QED) is 0.411. The molecule has 8 heteroatoms. The molecule has 0 saturated carbocycles. The Morgan fingerprint density at radius 3 is 2.55 bits per heavy atom. The van der Waals surface area contributed by atoms with Gasteiger partial charge in [-0.15, -0.1) is 0 Å².